The largest absolute Gasteiger partial charge is 0.493 e. The first-order valence-electron chi connectivity index (χ1n) is 12.5. The SMILES string of the molecule is COC(=O)c1cc(NC(=O)Nc2ccc(OC)c(OC)c2)ccc1OC(c1ccccc1)c1cccc(C(F)(F)F)c1. The van der Waals surface area contributed by atoms with Gasteiger partial charge in [-0.3, -0.25) is 0 Å². The average molecular weight is 581 g/mol. The smallest absolute Gasteiger partial charge is 0.416 e. The van der Waals surface area contributed by atoms with Crippen molar-refractivity contribution in [3.05, 3.63) is 113 Å². The van der Waals surface area contributed by atoms with Crippen LogP contribution in [0.1, 0.15) is 33.2 Å². The van der Waals surface area contributed by atoms with Gasteiger partial charge in [-0.2, -0.15) is 13.2 Å². The minimum absolute atomic E-state index is 0.0407. The quantitative estimate of drug-likeness (QED) is 0.202. The second-order valence-electron chi connectivity index (χ2n) is 8.88. The standard InChI is InChI=1S/C31H27F3N2O6/c1-39-26-15-13-23(18-27(26)40-2)36-30(38)35-22-12-14-25(24(17-22)29(37)41-3)42-28(19-8-5-4-6-9-19)20-10-7-11-21(16-20)31(32,33)34/h4-18,28H,1-3H3,(H2,35,36,38). The van der Waals surface area contributed by atoms with Gasteiger partial charge in [-0.15, -0.1) is 0 Å². The van der Waals surface area contributed by atoms with Crippen LogP contribution >= 0.6 is 0 Å². The van der Waals surface area contributed by atoms with E-state index in [0.29, 0.717) is 22.7 Å². The predicted molar refractivity (Wildman–Crippen MR) is 150 cm³/mol. The molecule has 0 fully saturated rings. The van der Waals surface area contributed by atoms with Gasteiger partial charge in [0.2, 0.25) is 0 Å². The molecule has 2 amide bonds. The number of urea groups is 1. The normalized spacial score (nSPS) is 11.7. The minimum atomic E-state index is -4.56. The Hall–Kier alpha value is -5.19. The van der Waals surface area contributed by atoms with Gasteiger partial charge < -0.3 is 29.6 Å². The van der Waals surface area contributed by atoms with Crippen LogP contribution in [0.15, 0.2) is 91.0 Å². The molecule has 0 aliphatic carbocycles. The van der Waals surface area contributed by atoms with E-state index in [1.54, 1.807) is 48.5 Å². The highest BCUT2D eigenvalue weighted by Crippen LogP contribution is 2.36. The van der Waals surface area contributed by atoms with E-state index >= 15 is 0 Å². The Kier molecular flexibility index (Phi) is 9.21. The predicted octanol–water partition coefficient (Wildman–Crippen LogP) is 7.32. The van der Waals surface area contributed by atoms with Crippen molar-refractivity contribution in [2.75, 3.05) is 32.0 Å². The summed E-state index contributed by atoms with van der Waals surface area (Å²) in [6.45, 7) is 0. The topological polar surface area (TPSA) is 95.1 Å². The molecule has 0 aliphatic heterocycles. The molecule has 4 aromatic rings. The maximum Gasteiger partial charge on any atom is 0.416 e. The van der Waals surface area contributed by atoms with E-state index in [2.05, 4.69) is 10.6 Å². The number of amides is 2. The number of alkyl halides is 3. The number of rotatable bonds is 9. The number of hydrogen-bond acceptors (Lipinski definition) is 6. The van der Waals surface area contributed by atoms with Crippen LogP contribution in [0.2, 0.25) is 0 Å². The molecule has 0 aromatic heterocycles. The zero-order chi connectivity index (χ0) is 30.3. The molecule has 4 rings (SSSR count). The Bertz CT molecular complexity index is 1560. The maximum absolute atomic E-state index is 13.5. The fourth-order valence-corrected chi connectivity index (χ4v) is 4.15. The van der Waals surface area contributed by atoms with E-state index in [-0.39, 0.29) is 22.6 Å². The van der Waals surface area contributed by atoms with Crippen LogP contribution in [0.3, 0.4) is 0 Å². The minimum Gasteiger partial charge on any atom is -0.493 e. The number of methoxy groups -OCH3 is 3. The Balaban J connectivity index is 1.63. The van der Waals surface area contributed by atoms with Crippen molar-refractivity contribution in [3.8, 4) is 17.2 Å². The summed E-state index contributed by atoms with van der Waals surface area (Å²) in [7, 11) is 4.14. The summed E-state index contributed by atoms with van der Waals surface area (Å²) < 4.78 is 62.0. The first kappa shape index (κ1) is 29.8. The van der Waals surface area contributed by atoms with Gasteiger partial charge in [-0.1, -0.05) is 42.5 Å². The van der Waals surface area contributed by atoms with E-state index < -0.39 is 29.8 Å². The Morgan fingerprint density at radius 1 is 0.690 bits per heavy atom. The van der Waals surface area contributed by atoms with E-state index in [9.17, 15) is 22.8 Å². The summed E-state index contributed by atoms with van der Waals surface area (Å²) in [5, 5.41) is 5.29. The molecule has 8 nitrogen and oxygen atoms in total. The third kappa shape index (κ3) is 7.11. The summed E-state index contributed by atoms with van der Waals surface area (Å²) in [4.78, 5) is 25.4. The van der Waals surface area contributed by atoms with E-state index in [4.69, 9.17) is 18.9 Å². The second kappa shape index (κ2) is 13.0. The van der Waals surface area contributed by atoms with E-state index in [1.165, 1.54) is 51.7 Å². The third-order valence-corrected chi connectivity index (χ3v) is 6.15. The summed E-state index contributed by atoms with van der Waals surface area (Å²) >= 11 is 0. The van der Waals surface area contributed by atoms with Crippen molar-refractivity contribution < 1.29 is 41.7 Å². The lowest BCUT2D eigenvalue weighted by molar-refractivity contribution is -0.137. The molecular weight excluding hydrogens is 553 g/mol. The Labute approximate surface area is 240 Å². The zero-order valence-corrected chi connectivity index (χ0v) is 22.8. The highest BCUT2D eigenvalue weighted by molar-refractivity contribution is 6.01. The number of nitrogens with one attached hydrogen (secondary N) is 2. The fourth-order valence-electron chi connectivity index (χ4n) is 4.15. The van der Waals surface area contributed by atoms with Gasteiger partial charge in [0.15, 0.2) is 11.5 Å². The molecule has 11 heteroatoms. The number of halogens is 3. The number of carbonyl (C=O) groups excluding carboxylic acids is 2. The summed E-state index contributed by atoms with van der Waals surface area (Å²) in [5.41, 5.74) is 0.556. The van der Waals surface area contributed by atoms with Crippen LogP contribution in [0.5, 0.6) is 17.2 Å². The van der Waals surface area contributed by atoms with E-state index in [1.807, 2.05) is 0 Å². The number of esters is 1. The zero-order valence-electron chi connectivity index (χ0n) is 22.8. The molecule has 42 heavy (non-hydrogen) atoms. The van der Waals surface area contributed by atoms with Crippen LogP contribution in [0.4, 0.5) is 29.3 Å². The van der Waals surface area contributed by atoms with E-state index in [0.717, 1.165) is 12.1 Å². The number of anilines is 2. The lowest BCUT2D eigenvalue weighted by atomic mass is 9.99. The van der Waals surface area contributed by atoms with Crippen LogP contribution in [-0.4, -0.2) is 33.3 Å². The van der Waals surface area contributed by atoms with Crippen molar-refractivity contribution in [2.24, 2.45) is 0 Å². The van der Waals surface area contributed by atoms with Gasteiger partial charge in [-0.25, -0.2) is 9.59 Å². The molecule has 2 N–H and O–H groups in total. The van der Waals surface area contributed by atoms with Crippen LogP contribution < -0.4 is 24.8 Å². The van der Waals surface area contributed by atoms with Crippen LogP contribution in [-0.2, 0) is 10.9 Å². The Morgan fingerprint density at radius 3 is 1.93 bits per heavy atom. The first-order valence-corrected chi connectivity index (χ1v) is 12.5. The molecule has 4 aromatic carbocycles. The molecule has 218 valence electrons. The molecule has 0 saturated carbocycles. The molecule has 1 atom stereocenters. The maximum atomic E-state index is 13.5. The molecule has 0 saturated heterocycles. The van der Waals surface area contributed by atoms with Crippen molar-refractivity contribution in [1.29, 1.82) is 0 Å². The second-order valence-corrected chi connectivity index (χ2v) is 8.88. The highest BCUT2D eigenvalue weighted by Gasteiger charge is 2.32. The van der Waals surface area contributed by atoms with Crippen LogP contribution in [0, 0.1) is 0 Å². The first-order chi connectivity index (χ1) is 20.1. The number of carbonyl (C=O) groups is 2. The molecule has 0 spiro atoms. The van der Waals surface area contributed by atoms with Gasteiger partial charge in [0, 0.05) is 17.4 Å². The van der Waals surface area contributed by atoms with Crippen molar-refractivity contribution in [2.45, 2.75) is 12.3 Å². The summed E-state index contributed by atoms with van der Waals surface area (Å²) in [6, 6.07) is 21.9. The molecule has 1 unspecified atom stereocenters. The van der Waals surface area contributed by atoms with Crippen molar-refractivity contribution >= 4 is 23.4 Å². The molecule has 0 radical (unpaired) electrons. The number of ether oxygens (including phenoxy) is 4. The van der Waals surface area contributed by atoms with Gasteiger partial charge in [-0.05, 0) is 53.6 Å². The molecule has 0 aliphatic rings. The molecule has 0 bridgehead atoms. The van der Waals surface area contributed by atoms with Crippen molar-refractivity contribution in [3.63, 3.8) is 0 Å². The highest BCUT2D eigenvalue weighted by atomic mass is 19.4. The number of hydrogen-bond donors (Lipinski definition) is 2. The fraction of sp³-hybridized carbons (Fsp3) is 0.161. The molecule has 0 heterocycles. The lowest BCUT2D eigenvalue weighted by Gasteiger charge is -2.23. The average Bonchev–Trinajstić information content (AvgIpc) is 2.99. The van der Waals surface area contributed by atoms with Gasteiger partial charge in [0.25, 0.3) is 0 Å². The van der Waals surface area contributed by atoms with Gasteiger partial charge in [0.1, 0.15) is 17.4 Å². The lowest BCUT2D eigenvalue weighted by Crippen LogP contribution is -2.20. The van der Waals surface area contributed by atoms with Gasteiger partial charge >= 0.3 is 18.2 Å². The summed E-state index contributed by atoms with van der Waals surface area (Å²) in [6.07, 6.45) is -5.55. The Morgan fingerprint density at radius 2 is 1.31 bits per heavy atom. The summed E-state index contributed by atoms with van der Waals surface area (Å²) in [5.74, 6) is 0.169. The number of benzene rings is 4. The van der Waals surface area contributed by atoms with Gasteiger partial charge in [0.05, 0.1) is 26.9 Å². The molecular formula is C31H27F3N2O6. The van der Waals surface area contributed by atoms with Crippen molar-refractivity contribution in [1.82, 2.24) is 0 Å². The van der Waals surface area contributed by atoms with Crippen LogP contribution in [0.25, 0.3) is 0 Å². The third-order valence-electron chi connectivity index (χ3n) is 6.15. The monoisotopic (exact) mass is 580 g/mol.